The molecular weight excluding hydrogens is 352 g/mol. The number of hydrogen-bond acceptors (Lipinski definition) is 3. The minimum Gasteiger partial charge on any atom is -0.496 e. The number of hydrogen-bond donors (Lipinski definition) is 2. The molecule has 28 heavy (non-hydrogen) atoms. The topological polar surface area (TPSA) is 66.0 Å². The number of nitrogens with zero attached hydrogens (tertiary/aromatic N) is 2. The minimum absolute atomic E-state index is 0.0944. The largest absolute Gasteiger partial charge is 0.496 e. The number of guanidine groups is 1. The highest BCUT2D eigenvalue weighted by atomic mass is 16.5. The number of para-hydroxylation sites is 1. The van der Waals surface area contributed by atoms with E-state index in [2.05, 4.69) is 15.6 Å². The van der Waals surface area contributed by atoms with Crippen LogP contribution in [0.2, 0.25) is 0 Å². The quantitative estimate of drug-likeness (QED) is 0.517. The van der Waals surface area contributed by atoms with Gasteiger partial charge in [0.15, 0.2) is 5.96 Å². The molecule has 2 rings (SSSR count). The average Bonchev–Trinajstić information content (AvgIpc) is 2.72. The van der Waals surface area contributed by atoms with Gasteiger partial charge in [0.25, 0.3) is 0 Å². The van der Waals surface area contributed by atoms with Crippen molar-refractivity contribution in [1.29, 1.82) is 0 Å². The molecule has 0 heterocycles. The van der Waals surface area contributed by atoms with Gasteiger partial charge in [-0.15, -0.1) is 0 Å². The smallest absolute Gasteiger partial charge is 0.224 e. The number of benzene rings is 2. The highest BCUT2D eigenvalue weighted by molar-refractivity contribution is 5.81. The number of carbonyl (C=O) groups excluding carboxylic acids is 1. The molecule has 6 nitrogen and oxygen atoms in total. The fourth-order valence-electron chi connectivity index (χ4n) is 2.76. The second-order valence-corrected chi connectivity index (χ2v) is 6.42. The van der Waals surface area contributed by atoms with Crippen molar-refractivity contribution in [2.75, 3.05) is 27.2 Å². The molecule has 0 aliphatic heterocycles. The lowest BCUT2D eigenvalue weighted by Crippen LogP contribution is -2.39. The summed E-state index contributed by atoms with van der Waals surface area (Å²) in [5.41, 5.74) is 2.14. The van der Waals surface area contributed by atoms with Crippen LogP contribution < -0.4 is 15.4 Å². The van der Waals surface area contributed by atoms with Gasteiger partial charge in [0.05, 0.1) is 13.7 Å². The Balaban J connectivity index is 1.84. The molecule has 2 N–H and O–H groups in total. The Morgan fingerprint density at radius 2 is 1.79 bits per heavy atom. The summed E-state index contributed by atoms with van der Waals surface area (Å²) >= 11 is 0. The zero-order valence-corrected chi connectivity index (χ0v) is 16.9. The SMILES string of the molecule is CCNC(=NCc1ccccc1OC)NCCC(=O)N(C)Cc1ccccc1. The van der Waals surface area contributed by atoms with Crippen LogP contribution >= 0.6 is 0 Å². The molecule has 0 saturated carbocycles. The van der Waals surface area contributed by atoms with E-state index < -0.39 is 0 Å². The summed E-state index contributed by atoms with van der Waals surface area (Å²) in [6.07, 6.45) is 0.405. The van der Waals surface area contributed by atoms with Crippen LogP contribution in [0.25, 0.3) is 0 Å². The third-order valence-electron chi connectivity index (χ3n) is 4.26. The maximum Gasteiger partial charge on any atom is 0.224 e. The molecular formula is C22H30N4O2. The van der Waals surface area contributed by atoms with Crippen LogP contribution in [-0.2, 0) is 17.9 Å². The van der Waals surface area contributed by atoms with Crippen molar-refractivity contribution in [3.8, 4) is 5.75 Å². The monoisotopic (exact) mass is 382 g/mol. The summed E-state index contributed by atoms with van der Waals surface area (Å²) < 4.78 is 5.37. The zero-order chi connectivity index (χ0) is 20.2. The molecule has 0 aliphatic carbocycles. The van der Waals surface area contributed by atoms with Crippen molar-refractivity contribution in [2.45, 2.75) is 26.4 Å². The Bertz CT molecular complexity index is 762. The first-order chi connectivity index (χ1) is 13.6. The Hall–Kier alpha value is -3.02. The Morgan fingerprint density at radius 1 is 1.07 bits per heavy atom. The van der Waals surface area contributed by atoms with Crippen molar-refractivity contribution < 1.29 is 9.53 Å². The Kier molecular flexibility index (Phi) is 8.85. The summed E-state index contributed by atoms with van der Waals surface area (Å²) in [6.45, 7) is 4.40. The molecule has 0 fully saturated rings. The van der Waals surface area contributed by atoms with Gasteiger partial charge in [0.1, 0.15) is 5.75 Å². The van der Waals surface area contributed by atoms with Gasteiger partial charge >= 0.3 is 0 Å². The number of carbonyl (C=O) groups is 1. The molecule has 0 radical (unpaired) electrons. The molecule has 0 aliphatic rings. The van der Waals surface area contributed by atoms with Crippen molar-refractivity contribution in [3.05, 3.63) is 65.7 Å². The second-order valence-electron chi connectivity index (χ2n) is 6.42. The molecule has 2 aromatic carbocycles. The van der Waals surface area contributed by atoms with Gasteiger partial charge in [-0.05, 0) is 18.6 Å². The normalized spacial score (nSPS) is 11.0. The minimum atomic E-state index is 0.0944. The van der Waals surface area contributed by atoms with Crippen molar-refractivity contribution >= 4 is 11.9 Å². The van der Waals surface area contributed by atoms with Crippen LogP contribution in [0, 0.1) is 0 Å². The highest BCUT2D eigenvalue weighted by Crippen LogP contribution is 2.17. The van der Waals surface area contributed by atoms with Crippen molar-refractivity contribution in [1.82, 2.24) is 15.5 Å². The van der Waals surface area contributed by atoms with E-state index in [1.165, 1.54) is 0 Å². The molecule has 0 spiro atoms. The zero-order valence-electron chi connectivity index (χ0n) is 16.9. The predicted octanol–water partition coefficient (Wildman–Crippen LogP) is 2.80. The first kappa shape index (κ1) is 21.3. The summed E-state index contributed by atoms with van der Waals surface area (Å²) in [5, 5.41) is 6.43. The van der Waals surface area contributed by atoms with Gasteiger partial charge in [0, 0.05) is 38.7 Å². The van der Waals surface area contributed by atoms with Gasteiger partial charge in [0.2, 0.25) is 5.91 Å². The van der Waals surface area contributed by atoms with E-state index in [-0.39, 0.29) is 5.91 Å². The number of nitrogens with one attached hydrogen (secondary N) is 2. The Morgan fingerprint density at radius 3 is 2.50 bits per heavy atom. The fraction of sp³-hybridized carbons (Fsp3) is 0.364. The van der Waals surface area contributed by atoms with Crippen molar-refractivity contribution in [3.63, 3.8) is 0 Å². The number of ether oxygens (including phenoxy) is 1. The lowest BCUT2D eigenvalue weighted by Gasteiger charge is -2.18. The number of amides is 1. The van der Waals surface area contributed by atoms with Crippen LogP contribution in [0.1, 0.15) is 24.5 Å². The van der Waals surface area contributed by atoms with Gasteiger partial charge < -0.3 is 20.3 Å². The van der Waals surface area contributed by atoms with Crippen molar-refractivity contribution in [2.24, 2.45) is 4.99 Å². The van der Waals surface area contributed by atoms with E-state index in [1.807, 2.05) is 68.6 Å². The number of methoxy groups -OCH3 is 1. The van der Waals surface area contributed by atoms with Crippen LogP contribution in [-0.4, -0.2) is 44.0 Å². The molecule has 0 aromatic heterocycles. The molecule has 0 atom stereocenters. The first-order valence-corrected chi connectivity index (χ1v) is 9.56. The van der Waals surface area contributed by atoms with E-state index in [0.717, 1.165) is 23.4 Å². The van der Waals surface area contributed by atoms with Crippen LogP contribution in [0.3, 0.4) is 0 Å². The fourth-order valence-corrected chi connectivity index (χ4v) is 2.76. The summed E-state index contributed by atoms with van der Waals surface area (Å²) in [6, 6.07) is 17.8. The van der Waals surface area contributed by atoms with Crippen LogP contribution in [0.4, 0.5) is 0 Å². The third kappa shape index (κ3) is 6.95. The second kappa shape index (κ2) is 11.6. The summed E-state index contributed by atoms with van der Waals surface area (Å²) in [4.78, 5) is 18.7. The highest BCUT2D eigenvalue weighted by Gasteiger charge is 2.09. The summed E-state index contributed by atoms with van der Waals surface area (Å²) in [7, 11) is 3.49. The molecule has 1 amide bonds. The first-order valence-electron chi connectivity index (χ1n) is 9.56. The van der Waals surface area contributed by atoms with Gasteiger partial charge in [-0.25, -0.2) is 4.99 Å². The van der Waals surface area contributed by atoms with E-state index in [1.54, 1.807) is 12.0 Å². The number of aliphatic imine (C=N–C) groups is 1. The lowest BCUT2D eigenvalue weighted by atomic mass is 10.2. The van der Waals surface area contributed by atoms with Crippen LogP contribution in [0.5, 0.6) is 5.75 Å². The average molecular weight is 383 g/mol. The van der Waals surface area contributed by atoms with Crippen LogP contribution in [0.15, 0.2) is 59.6 Å². The molecule has 0 bridgehead atoms. The van der Waals surface area contributed by atoms with Gasteiger partial charge in [-0.1, -0.05) is 48.5 Å². The predicted molar refractivity (Wildman–Crippen MR) is 113 cm³/mol. The van der Waals surface area contributed by atoms with E-state index in [9.17, 15) is 4.79 Å². The number of rotatable bonds is 9. The molecule has 2 aromatic rings. The van der Waals surface area contributed by atoms with Gasteiger partial charge in [-0.2, -0.15) is 0 Å². The summed E-state index contributed by atoms with van der Waals surface area (Å²) in [5.74, 6) is 1.60. The molecule has 0 unspecified atom stereocenters. The standard InChI is InChI=1S/C22H30N4O2/c1-4-23-22(25-16-19-12-8-9-13-20(19)28-3)24-15-14-21(27)26(2)17-18-10-6-5-7-11-18/h5-13H,4,14-17H2,1-3H3,(H2,23,24,25). The van der Waals surface area contributed by atoms with E-state index in [4.69, 9.17) is 4.74 Å². The molecule has 150 valence electrons. The molecule has 0 saturated heterocycles. The third-order valence-corrected chi connectivity index (χ3v) is 4.26. The van der Waals surface area contributed by atoms with E-state index in [0.29, 0.717) is 32.0 Å². The van der Waals surface area contributed by atoms with Gasteiger partial charge in [-0.3, -0.25) is 4.79 Å². The van der Waals surface area contributed by atoms with E-state index >= 15 is 0 Å². The maximum absolute atomic E-state index is 12.4. The Labute approximate surface area is 167 Å². The maximum atomic E-state index is 12.4. The molecule has 6 heteroatoms. The lowest BCUT2D eigenvalue weighted by molar-refractivity contribution is -0.130.